The van der Waals surface area contributed by atoms with Crippen molar-refractivity contribution in [3.63, 3.8) is 0 Å². The molecule has 0 saturated heterocycles. The minimum Gasteiger partial charge on any atom is -0.480 e. The summed E-state index contributed by atoms with van der Waals surface area (Å²) in [7, 11) is 0. The lowest BCUT2D eigenvalue weighted by atomic mass is 10.2. The van der Waals surface area contributed by atoms with Gasteiger partial charge in [0.1, 0.15) is 5.75 Å². The van der Waals surface area contributed by atoms with E-state index >= 15 is 0 Å². The summed E-state index contributed by atoms with van der Waals surface area (Å²) in [5, 5.41) is 2.96. The van der Waals surface area contributed by atoms with Gasteiger partial charge in [-0.2, -0.15) is 0 Å². The molecule has 2 aromatic rings. The molecule has 0 fully saturated rings. The second-order valence-electron chi connectivity index (χ2n) is 5.35. The van der Waals surface area contributed by atoms with Crippen LogP contribution < -0.4 is 10.1 Å². The third kappa shape index (κ3) is 5.03. The maximum atomic E-state index is 12.3. The van der Waals surface area contributed by atoms with E-state index in [-0.39, 0.29) is 5.91 Å². The molecular formula is C19H23NO2S. The Morgan fingerprint density at radius 2 is 1.87 bits per heavy atom. The lowest BCUT2D eigenvalue weighted by Crippen LogP contribution is -2.37. The number of nitrogens with one attached hydrogen (secondary N) is 1. The van der Waals surface area contributed by atoms with Crippen molar-refractivity contribution in [2.75, 3.05) is 6.26 Å². The number of aryl methyl sites for hydroxylation is 1. The first-order valence-corrected chi connectivity index (χ1v) is 8.99. The number of hydrogen-bond acceptors (Lipinski definition) is 3. The second kappa shape index (κ2) is 8.63. The lowest BCUT2D eigenvalue weighted by Gasteiger charge is -2.18. The molecule has 2 aromatic carbocycles. The molecule has 1 unspecified atom stereocenters. The van der Waals surface area contributed by atoms with Crippen LogP contribution in [0.2, 0.25) is 0 Å². The van der Waals surface area contributed by atoms with Gasteiger partial charge in [0.2, 0.25) is 0 Å². The number of carbonyl (C=O) groups is 1. The first kappa shape index (κ1) is 17.4. The zero-order valence-electron chi connectivity index (χ0n) is 13.8. The molecule has 0 spiro atoms. The van der Waals surface area contributed by atoms with Crippen molar-refractivity contribution in [1.82, 2.24) is 5.32 Å². The molecule has 0 heterocycles. The smallest absolute Gasteiger partial charge is 0.261 e. The molecule has 0 radical (unpaired) electrons. The SMILES string of the molecule is CCC(Oc1ccccc1C)C(=O)NCc1ccc(SC)cc1. The van der Waals surface area contributed by atoms with Gasteiger partial charge < -0.3 is 10.1 Å². The van der Waals surface area contributed by atoms with Gasteiger partial charge >= 0.3 is 0 Å². The van der Waals surface area contributed by atoms with E-state index in [1.54, 1.807) is 11.8 Å². The zero-order chi connectivity index (χ0) is 16.7. The summed E-state index contributed by atoms with van der Waals surface area (Å²) in [5.74, 6) is 0.684. The van der Waals surface area contributed by atoms with E-state index in [4.69, 9.17) is 4.74 Å². The van der Waals surface area contributed by atoms with Crippen LogP contribution in [0.5, 0.6) is 5.75 Å². The topological polar surface area (TPSA) is 38.3 Å². The molecule has 0 aliphatic carbocycles. The Bertz CT molecular complexity index is 640. The molecular weight excluding hydrogens is 306 g/mol. The molecule has 23 heavy (non-hydrogen) atoms. The molecule has 0 aromatic heterocycles. The quantitative estimate of drug-likeness (QED) is 0.774. The van der Waals surface area contributed by atoms with Gasteiger partial charge in [-0.15, -0.1) is 11.8 Å². The summed E-state index contributed by atoms with van der Waals surface area (Å²) in [5.41, 5.74) is 2.12. The van der Waals surface area contributed by atoms with Crippen LogP contribution in [-0.2, 0) is 11.3 Å². The maximum absolute atomic E-state index is 12.3. The van der Waals surface area contributed by atoms with Gasteiger partial charge in [-0.25, -0.2) is 0 Å². The third-order valence-corrected chi connectivity index (χ3v) is 4.40. The zero-order valence-corrected chi connectivity index (χ0v) is 14.7. The van der Waals surface area contributed by atoms with Crippen LogP contribution >= 0.6 is 11.8 Å². The average Bonchev–Trinajstić information content (AvgIpc) is 2.59. The minimum atomic E-state index is -0.471. The standard InChI is InChI=1S/C19H23NO2S/c1-4-17(22-18-8-6-5-7-14(18)2)19(21)20-13-15-9-11-16(23-3)12-10-15/h5-12,17H,4,13H2,1-3H3,(H,20,21). The number of benzene rings is 2. The Morgan fingerprint density at radius 3 is 2.48 bits per heavy atom. The molecule has 0 bridgehead atoms. The molecule has 3 nitrogen and oxygen atoms in total. The van der Waals surface area contributed by atoms with Crippen LogP contribution in [0.25, 0.3) is 0 Å². The van der Waals surface area contributed by atoms with Crippen molar-refractivity contribution in [2.45, 2.75) is 37.8 Å². The van der Waals surface area contributed by atoms with Crippen LogP contribution in [0.3, 0.4) is 0 Å². The molecule has 1 atom stereocenters. The number of amides is 1. The fourth-order valence-corrected chi connectivity index (χ4v) is 2.62. The summed E-state index contributed by atoms with van der Waals surface area (Å²) in [4.78, 5) is 13.6. The van der Waals surface area contributed by atoms with Crippen LogP contribution in [0, 0.1) is 6.92 Å². The number of rotatable bonds is 7. The molecule has 4 heteroatoms. The highest BCUT2D eigenvalue weighted by Crippen LogP contribution is 2.19. The summed E-state index contributed by atoms with van der Waals surface area (Å²) < 4.78 is 5.87. The minimum absolute atomic E-state index is 0.0790. The van der Waals surface area contributed by atoms with E-state index in [9.17, 15) is 4.79 Å². The fourth-order valence-electron chi connectivity index (χ4n) is 2.21. The Labute approximate surface area is 142 Å². The van der Waals surface area contributed by atoms with Crippen molar-refractivity contribution < 1.29 is 9.53 Å². The Morgan fingerprint density at radius 1 is 1.17 bits per heavy atom. The normalized spacial score (nSPS) is 11.8. The van der Waals surface area contributed by atoms with E-state index < -0.39 is 6.10 Å². The van der Waals surface area contributed by atoms with Gasteiger partial charge in [-0.1, -0.05) is 37.3 Å². The number of carbonyl (C=O) groups excluding carboxylic acids is 1. The van der Waals surface area contributed by atoms with Gasteiger partial charge in [0.25, 0.3) is 5.91 Å². The highest BCUT2D eigenvalue weighted by atomic mass is 32.2. The van der Waals surface area contributed by atoms with Crippen molar-refractivity contribution >= 4 is 17.7 Å². The van der Waals surface area contributed by atoms with Crippen LogP contribution in [-0.4, -0.2) is 18.3 Å². The monoisotopic (exact) mass is 329 g/mol. The number of hydrogen-bond donors (Lipinski definition) is 1. The van der Waals surface area contributed by atoms with E-state index in [1.807, 2.05) is 56.5 Å². The predicted molar refractivity (Wildman–Crippen MR) is 96.0 cm³/mol. The lowest BCUT2D eigenvalue weighted by molar-refractivity contribution is -0.128. The third-order valence-electron chi connectivity index (χ3n) is 3.65. The molecule has 1 N–H and O–H groups in total. The number of thioether (sulfide) groups is 1. The highest BCUT2D eigenvalue weighted by Gasteiger charge is 2.18. The summed E-state index contributed by atoms with van der Waals surface area (Å²) >= 11 is 1.71. The van der Waals surface area contributed by atoms with Gasteiger partial charge in [0, 0.05) is 11.4 Å². The van der Waals surface area contributed by atoms with Crippen molar-refractivity contribution in [3.8, 4) is 5.75 Å². The Kier molecular flexibility index (Phi) is 6.53. The first-order valence-electron chi connectivity index (χ1n) is 7.77. The van der Waals surface area contributed by atoms with Crippen molar-refractivity contribution in [2.24, 2.45) is 0 Å². The average molecular weight is 329 g/mol. The largest absolute Gasteiger partial charge is 0.480 e. The predicted octanol–water partition coefficient (Wildman–Crippen LogP) is 4.19. The van der Waals surface area contributed by atoms with Gasteiger partial charge in [0.05, 0.1) is 0 Å². The number of ether oxygens (including phenoxy) is 1. The Hall–Kier alpha value is -1.94. The van der Waals surface area contributed by atoms with E-state index in [0.29, 0.717) is 13.0 Å². The maximum Gasteiger partial charge on any atom is 0.261 e. The van der Waals surface area contributed by atoms with Gasteiger partial charge in [-0.05, 0) is 48.9 Å². The molecule has 2 rings (SSSR count). The summed E-state index contributed by atoms with van der Waals surface area (Å²) in [6, 6.07) is 16.0. The molecule has 0 aliphatic rings. The summed E-state index contributed by atoms with van der Waals surface area (Å²) in [6.07, 6.45) is 2.21. The number of para-hydroxylation sites is 1. The van der Waals surface area contributed by atoms with Crippen molar-refractivity contribution in [1.29, 1.82) is 0 Å². The molecule has 0 saturated carbocycles. The van der Waals surface area contributed by atoms with Crippen LogP contribution in [0.4, 0.5) is 0 Å². The highest BCUT2D eigenvalue weighted by molar-refractivity contribution is 7.98. The van der Waals surface area contributed by atoms with Crippen LogP contribution in [0.1, 0.15) is 24.5 Å². The summed E-state index contributed by atoms with van der Waals surface area (Å²) in [6.45, 7) is 4.45. The first-order chi connectivity index (χ1) is 11.1. The van der Waals surface area contributed by atoms with E-state index in [0.717, 1.165) is 16.9 Å². The molecule has 1 amide bonds. The fraction of sp³-hybridized carbons (Fsp3) is 0.316. The van der Waals surface area contributed by atoms with Crippen LogP contribution in [0.15, 0.2) is 53.4 Å². The second-order valence-corrected chi connectivity index (χ2v) is 6.23. The Balaban J connectivity index is 1.93. The van der Waals surface area contributed by atoms with Gasteiger partial charge in [-0.3, -0.25) is 4.79 Å². The molecule has 0 aliphatic heterocycles. The van der Waals surface area contributed by atoms with Gasteiger partial charge in [0.15, 0.2) is 6.10 Å². The van der Waals surface area contributed by atoms with E-state index in [1.165, 1.54) is 4.90 Å². The van der Waals surface area contributed by atoms with E-state index in [2.05, 4.69) is 17.4 Å². The molecule has 122 valence electrons. The van der Waals surface area contributed by atoms with Crippen molar-refractivity contribution in [3.05, 3.63) is 59.7 Å².